The van der Waals surface area contributed by atoms with Gasteiger partial charge in [0.25, 0.3) is 0 Å². The number of carboxylic acid groups (broad SMARTS) is 2. The molecule has 0 radical (unpaired) electrons. The molecule has 0 amide bonds. The van der Waals surface area contributed by atoms with Crippen LogP contribution in [0.3, 0.4) is 0 Å². The summed E-state index contributed by atoms with van der Waals surface area (Å²) in [7, 11) is 0. The van der Waals surface area contributed by atoms with Crippen LogP contribution in [-0.2, 0) is 15.0 Å². The van der Waals surface area contributed by atoms with Gasteiger partial charge in [-0.25, -0.2) is 0 Å². The van der Waals surface area contributed by atoms with E-state index in [1.54, 1.807) is 30.3 Å². The van der Waals surface area contributed by atoms with Gasteiger partial charge in [0.05, 0.1) is 0 Å². The molecule has 1 rings (SSSR count). The van der Waals surface area contributed by atoms with Crippen molar-refractivity contribution in [3.8, 4) is 0 Å². The molecule has 5 heteroatoms. The van der Waals surface area contributed by atoms with E-state index in [4.69, 9.17) is 0 Å². The second kappa shape index (κ2) is 8.83. The Morgan fingerprint density at radius 2 is 1.60 bits per heavy atom. The van der Waals surface area contributed by atoms with Gasteiger partial charge in [0, 0.05) is 0 Å². The van der Waals surface area contributed by atoms with Crippen LogP contribution in [-0.4, -0.2) is 22.2 Å². The van der Waals surface area contributed by atoms with Gasteiger partial charge in [-0.05, 0) is 12.0 Å². The van der Waals surface area contributed by atoms with Crippen LogP contribution in [0.5, 0.6) is 0 Å². The Hall–Kier alpha value is -1.24. The number of hydrogen-bond donors (Lipinski definition) is 2. The summed E-state index contributed by atoms with van der Waals surface area (Å²) in [4.78, 5) is 23.1. The van der Waals surface area contributed by atoms with Gasteiger partial charge in [0.15, 0.2) is 5.41 Å². The van der Waals surface area contributed by atoms with Crippen molar-refractivity contribution in [2.24, 2.45) is 0 Å². The van der Waals surface area contributed by atoms with Crippen molar-refractivity contribution in [2.45, 2.75) is 44.4 Å². The van der Waals surface area contributed by atoms with E-state index in [0.717, 1.165) is 19.3 Å². The summed E-state index contributed by atoms with van der Waals surface area (Å²) >= 11 is 0. The fourth-order valence-electron chi connectivity index (χ4n) is 2.24. The molecule has 0 unspecified atom stereocenters. The molecule has 1 aromatic rings. The molecule has 0 aromatic heterocycles. The summed E-state index contributed by atoms with van der Waals surface area (Å²) in [6.45, 7) is 2.05. The second-order valence-corrected chi connectivity index (χ2v) is 4.69. The topological polar surface area (TPSA) is 74.6 Å². The van der Waals surface area contributed by atoms with Gasteiger partial charge >= 0.3 is 30.8 Å². The van der Waals surface area contributed by atoms with Crippen molar-refractivity contribution in [1.29, 1.82) is 0 Å². The standard InChI is InChI=1S/C15H20O4.Li.H/c1-2-3-4-8-11-15(13(16)17,14(18)19)12-9-6-5-7-10-12;;/h5-7,9-10H,2-4,8,11H2,1H3,(H,16,17)(H,18,19);;/q;+1;-1. The Balaban J connectivity index is 0. The zero-order chi connectivity index (χ0) is 14.3. The number of aliphatic carboxylic acids is 2. The monoisotopic (exact) mass is 272 g/mol. The van der Waals surface area contributed by atoms with E-state index in [-0.39, 0.29) is 26.7 Å². The van der Waals surface area contributed by atoms with E-state index in [1.165, 1.54) is 0 Å². The Bertz CT molecular complexity index is 423. The van der Waals surface area contributed by atoms with E-state index in [2.05, 4.69) is 6.92 Å². The smallest absolute Gasteiger partial charge is 1.00 e. The van der Waals surface area contributed by atoms with Gasteiger partial charge in [-0.2, -0.15) is 0 Å². The molecule has 4 nitrogen and oxygen atoms in total. The first kappa shape index (κ1) is 18.8. The molecular formula is C15H21LiO4. The SMILES string of the molecule is CCCCCCC(C(=O)O)(C(=O)O)c1ccccc1.[H-].[Li+]. The summed E-state index contributed by atoms with van der Waals surface area (Å²) in [6, 6.07) is 8.23. The van der Waals surface area contributed by atoms with Crippen LogP contribution in [0.25, 0.3) is 0 Å². The van der Waals surface area contributed by atoms with Crippen LogP contribution < -0.4 is 18.9 Å². The Kier molecular flexibility index (Phi) is 8.29. The van der Waals surface area contributed by atoms with Gasteiger partial charge in [0.2, 0.25) is 0 Å². The molecule has 0 spiro atoms. The van der Waals surface area contributed by atoms with Crippen LogP contribution in [0.1, 0.15) is 46.0 Å². The Morgan fingerprint density at radius 3 is 2.05 bits per heavy atom. The van der Waals surface area contributed by atoms with Crippen molar-refractivity contribution in [2.75, 3.05) is 0 Å². The molecule has 0 fully saturated rings. The Morgan fingerprint density at radius 1 is 1.05 bits per heavy atom. The molecule has 0 bridgehead atoms. The van der Waals surface area contributed by atoms with E-state index < -0.39 is 17.4 Å². The third-order valence-corrected chi connectivity index (χ3v) is 3.40. The largest absolute Gasteiger partial charge is 1.00 e. The fourth-order valence-corrected chi connectivity index (χ4v) is 2.24. The van der Waals surface area contributed by atoms with Crippen molar-refractivity contribution in [1.82, 2.24) is 0 Å². The maximum Gasteiger partial charge on any atom is 1.00 e. The molecule has 2 N–H and O–H groups in total. The minimum atomic E-state index is -1.82. The molecule has 0 saturated carbocycles. The van der Waals surface area contributed by atoms with E-state index in [0.29, 0.717) is 12.0 Å². The Labute approximate surface area is 132 Å². The number of benzene rings is 1. The number of carboxylic acids is 2. The molecular weight excluding hydrogens is 251 g/mol. The zero-order valence-electron chi connectivity index (χ0n) is 13.1. The molecule has 0 aliphatic carbocycles. The predicted molar refractivity (Wildman–Crippen MR) is 73.3 cm³/mol. The van der Waals surface area contributed by atoms with Crippen molar-refractivity contribution in [3.05, 3.63) is 35.9 Å². The number of hydrogen-bond acceptors (Lipinski definition) is 2. The molecule has 0 atom stereocenters. The molecule has 106 valence electrons. The molecule has 0 aliphatic rings. The van der Waals surface area contributed by atoms with Gasteiger partial charge < -0.3 is 11.6 Å². The summed E-state index contributed by atoms with van der Waals surface area (Å²) in [6.07, 6.45) is 3.59. The zero-order valence-corrected chi connectivity index (χ0v) is 12.1. The molecule has 0 aliphatic heterocycles. The molecule has 0 heterocycles. The van der Waals surface area contributed by atoms with Gasteiger partial charge in [-0.3, -0.25) is 9.59 Å². The van der Waals surface area contributed by atoms with Crippen LogP contribution in [0.4, 0.5) is 0 Å². The first-order chi connectivity index (χ1) is 9.05. The molecule has 20 heavy (non-hydrogen) atoms. The summed E-state index contributed by atoms with van der Waals surface area (Å²) in [5.41, 5.74) is -1.49. The predicted octanol–water partition coefficient (Wildman–Crippen LogP) is 0.181. The average Bonchev–Trinajstić information content (AvgIpc) is 2.39. The third-order valence-electron chi connectivity index (χ3n) is 3.40. The second-order valence-electron chi connectivity index (χ2n) is 4.69. The van der Waals surface area contributed by atoms with Crippen molar-refractivity contribution >= 4 is 11.9 Å². The number of rotatable bonds is 8. The van der Waals surface area contributed by atoms with Crippen molar-refractivity contribution in [3.63, 3.8) is 0 Å². The van der Waals surface area contributed by atoms with Gasteiger partial charge in [-0.1, -0.05) is 62.9 Å². The van der Waals surface area contributed by atoms with Crippen LogP contribution in [0.2, 0.25) is 0 Å². The fraction of sp³-hybridized carbons (Fsp3) is 0.467. The van der Waals surface area contributed by atoms with Crippen LogP contribution in [0, 0.1) is 0 Å². The third kappa shape index (κ3) is 4.13. The minimum absolute atomic E-state index is 0. The maximum absolute atomic E-state index is 11.5. The first-order valence-electron chi connectivity index (χ1n) is 6.58. The number of carbonyl (C=O) groups is 2. The summed E-state index contributed by atoms with van der Waals surface area (Å²) in [5, 5.41) is 18.8. The normalized spacial score (nSPS) is 10.7. The molecule has 1 aromatic carbocycles. The van der Waals surface area contributed by atoms with E-state index in [9.17, 15) is 19.8 Å². The van der Waals surface area contributed by atoms with Crippen LogP contribution >= 0.6 is 0 Å². The number of unbranched alkanes of at least 4 members (excludes halogenated alkanes) is 3. The van der Waals surface area contributed by atoms with E-state index >= 15 is 0 Å². The van der Waals surface area contributed by atoms with Crippen LogP contribution in [0.15, 0.2) is 30.3 Å². The van der Waals surface area contributed by atoms with Gasteiger partial charge in [0.1, 0.15) is 0 Å². The maximum atomic E-state index is 11.5. The summed E-state index contributed by atoms with van der Waals surface area (Å²) < 4.78 is 0. The first-order valence-corrected chi connectivity index (χ1v) is 6.58. The quantitative estimate of drug-likeness (QED) is 0.402. The molecule has 0 saturated heterocycles. The summed E-state index contributed by atoms with van der Waals surface area (Å²) in [5.74, 6) is -2.58. The minimum Gasteiger partial charge on any atom is -1.00 e. The average molecular weight is 272 g/mol. The van der Waals surface area contributed by atoms with E-state index in [1.807, 2.05) is 0 Å². The van der Waals surface area contributed by atoms with Gasteiger partial charge in [-0.15, -0.1) is 0 Å². The van der Waals surface area contributed by atoms with Crippen molar-refractivity contribution < 1.29 is 40.1 Å².